The molecule has 6 aromatic rings. The number of likely N-dealkylation sites (tertiary alicyclic amines) is 1. The van der Waals surface area contributed by atoms with E-state index in [1.807, 2.05) is 60.2 Å². The Morgan fingerprint density at radius 2 is 1.63 bits per heavy atom. The van der Waals surface area contributed by atoms with Crippen LogP contribution in [0.4, 0.5) is 10.1 Å². The van der Waals surface area contributed by atoms with Gasteiger partial charge in [0.25, 0.3) is 11.8 Å². The van der Waals surface area contributed by atoms with E-state index < -0.39 is 5.82 Å². The summed E-state index contributed by atoms with van der Waals surface area (Å²) < 4.78 is 30.8. The summed E-state index contributed by atoms with van der Waals surface area (Å²) in [4.78, 5) is 53.7. The number of anilines is 1. The number of ether oxygens (including phenoxy) is 2. The molecule has 3 amide bonds. The normalized spacial score (nSPS) is 18.0. The van der Waals surface area contributed by atoms with Crippen molar-refractivity contribution in [3.05, 3.63) is 147 Å². The SMILES string of the molecule is Cc1c(-c2c(C(=O)Nc3ccc(O)cc3)c(C)n(C)c2-c2cc3c(cc2C(=O)N2Cc4ccccc4C[C@H]2CN2CCCC[C@@H]2C)CN(C(=O)Cc2ccc(OCCN4CCOCC4)cc2F)CC3)cc(C#N)n1C. The van der Waals surface area contributed by atoms with Crippen molar-refractivity contribution in [2.45, 2.75) is 84.5 Å². The average Bonchev–Trinajstić information content (AvgIpc) is 3.86. The molecule has 6 heterocycles. The van der Waals surface area contributed by atoms with Gasteiger partial charge in [0, 0.05) is 117 Å². The van der Waals surface area contributed by atoms with Crippen molar-refractivity contribution in [2.75, 3.05) is 64.4 Å². The van der Waals surface area contributed by atoms with Crippen LogP contribution in [0.5, 0.6) is 11.5 Å². The van der Waals surface area contributed by atoms with Gasteiger partial charge < -0.3 is 38.8 Å². The molecule has 2 N–H and O–H groups in total. The summed E-state index contributed by atoms with van der Waals surface area (Å²) in [7, 11) is 3.73. The monoisotopic (exact) mass is 1010 g/mol. The van der Waals surface area contributed by atoms with Crippen LogP contribution in [0.2, 0.25) is 0 Å². The molecule has 0 aliphatic carbocycles. The molecule has 390 valence electrons. The Labute approximate surface area is 438 Å². The number of benzene rings is 4. The topological polar surface area (TPSA) is 149 Å². The third-order valence-corrected chi connectivity index (χ3v) is 16.3. The summed E-state index contributed by atoms with van der Waals surface area (Å²) in [5.41, 5.74) is 10.1. The summed E-state index contributed by atoms with van der Waals surface area (Å²) >= 11 is 0. The minimum absolute atomic E-state index is 0.0677. The van der Waals surface area contributed by atoms with Crippen molar-refractivity contribution in [2.24, 2.45) is 14.1 Å². The molecule has 0 unspecified atom stereocenters. The van der Waals surface area contributed by atoms with Gasteiger partial charge in [-0.2, -0.15) is 5.26 Å². The number of halogens is 1. The van der Waals surface area contributed by atoms with E-state index in [9.17, 15) is 20.0 Å². The number of phenols is 1. The van der Waals surface area contributed by atoms with E-state index in [1.165, 1.54) is 30.2 Å². The van der Waals surface area contributed by atoms with Gasteiger partial charge in [-0.15, -0.1) is 0 Å². The lowest BCUT2D eigenvalue weighted by Crippen LogP contribution is -2.52. The zero-order valence-electron chi connectivity index (χ0n) is 43.8. The van der Waals surface area contributed by atoms with Gasteiger partial charge in [0.2, 0.25) is 5.91 Å². The maximum Gasteiger partial charge on any atom is 0.258 e. The van der Waals surface area contributed by atoms with Crippen LogP contribution in [0, 0.1) is 31.0 Å². The highest BCUT2D eigenvalue weighted by atomic mass is 19.1. The highest BCUT2D eigenvalue weighted by Gasteiger charge is 2.37. The molecule has 4 aromatic carbocycles. The van der Waals surface area contributed by atoms with Crippen molar-refractivity contribution < 1.29 is 33.4 Å². The Morgan fingerprint density at radius 1 is 0.853 bits per heavy atom. The Morgan fingerprint density at radius 3 is 2.36 bits per heavy atom. The fourth-order valence-corrected chi connectivity index (χ4v) is 11.6. The lowest BCUT2D eigenvalue weighted by molar-refractivity contribution is -0.131. The molecule has 75 heavy (non-hydrogen) atoms. The second kappa shape index (κ2) is 21.9. The molecular formula is C60H67FN8O6. The highest BCUT2D eigenvalue weighted by molar-refractivity contribution is 6.14. The first-order valence-corrected chi connectivity index (χ1v) is 26.4. The summed E-state index contributed by atoms with van der Waals surface area (Å²) in [6, 6.07) is 27.8. The molecule has 0 bridgehead atoms. The second-order valence-corrected chi connectivity index (χ2v) is 20.8. The van der Waals surface area contributed by atoms with Gasteiger partial charge in [-0.3, -0.25) is 24.2 Å². The number of carbonyl (C=O) groups excluding carboxylic acids is 3. The summed E-state index contributed by atoms with van der Waals surface area (Å²) in [6.45, 7) is 13.0. The Bertz CT molecular complexity index is 3180. The molecule has 2 saturated heterocycles. The minimum Gasteiger partial charge on any atom is -0.508 e. The minimum atomic E-state index is -0.501. The second-order valence-electron chi connectivity index (χ2n) is 20.8. The number of aromatic nitrogens is 2. The van der Waals surface area contributed by atoms with Crippen molar-refractivity contribution >= 4 is 23.4 Å². The molecule has 2 aromatic heterocycles. The first-order chi connectivity index (χ1) is 36.3. The quantitative estimate of drug-likeness (QED) is 0.109. The van der Waals surface area contributed by atoms with Crippen LogP contribution in [0.25, 0.3) is 22.4 Å². The van der Waals surface area contributed by atoms with E-state index in [2.05, 4.69) is 52.4 Å². The molecule has 4 aliphatic heterocycles. The lowest BCUT2D eigenvalue weighted by Gasteiger charge is -2.43. The Balaban J connectivity index is 1.05. The molecule has 0 saturated carbocycles. The molecule has 15 heteroatoms. The maximum absolute atomic E-state index is 16.1. The van der Waals surface area contributed by atoms with Crippen LogP contribution in [-0.2, 0) is 56.0 Å². The maximum atomic E-state index is 16.1. The highest BCUT2D eigenvalue weighted by Crippen LogP contribution is 2.44. The van der Waals surface area contributed by atoms with E-state index in [0.717, 1.165) is 61.4 Å². The van der Waals surface area contributed by atoms with Gasteiger partial charge in [-0.05, 0) is 129 Å². The van der Waals surface area contributed by atoms with E-state index in [1.54, 1.807) is 29.2 Å². The molecule has 2 fully saturated rings. The zero-order chi connectivity index (χ0) is 52.5. The average molecular weight is 1020 g/mol. The van der Waals surface area contributed by atoms with E-state index in [0.29, 0.717) is 115 Å². The van der Waals surface area contributed by atoms with E-state index in [4.69, 9.17) is 9.47 Å². The molecule has 4 aliphatic rings. The number of rotatable bonds is 13. The van der Waals surface area contributed by atoms with Crippen LogP contribution in [0.1, 0.15) is 91.8 Å². The Kier molecular flexibility index (Phi) is 15.0. The summed E-state index contributed by atoms with van der Waals surface area (Å²) in [5, 5.41) is 23.4. The lowest BCUT2D eigenvalue weighted by atomic mass is 9.87. The van der Waals surface area contributed by atoms with Crippen LogP contribution in [-0.4, -0.2) is 123 Å². The first kappa shape index (κ1) is 51.2. The van der Waals surface area contributed by atoms with Crippen molar-refractivity contribution in [1.82, 2.24) is 28.7 Å². The zero-order valence-corrected chi connectivity index (χ0v) is 43.8. The van der Waals surface area contributed by atoms with E-state index >= 15 is 9.18 Å². The number of piperidine rings is 1. The number of hydrogen-bond donors (Lipinski definition) is 2. The number of aromatic hydroxyl groups is 1. The van der Waals surface area contributed by atoms with E-state index in [-0.39, 0.29) is 48.0 Å². The number of nitrogens with zero attached hydrogens (tertiary/aromatic N) is 7. The molecule has 10 rings (SSSR count). The molecule has 0 radical (unpaired) electrons. The number of hydrogen-bond acceptors (Lipinski definition) is 9. The Hall–Kier alpha value is -7.25. The van der Waals surface area contributed by atoms with Gasteiger partial charge >= 0.3 is 0 Å². The number of nitrogens with one attached hydrogen (secondary N) is 1. The fraction of sp³-hybridized carbons (Fsp3) is 0.400. The van der Waals surface area contributed by atoms with Crippen LogP contribution in [0.15, 0.2) is 84.9 Å². The van der Waals surface area contributed by atoms with Crippen LogP contribution >= 0.6 is 0 Å². The largest absolute Gasteiger partial charge is 0.508 e. The van der Waals surface area contributed by atoms with Crippen molar-refractivity contribution in [3.8, 4) is 40.0 Å². The fourth-order valence-electron chi connectivity index (χ4n) is 11.6. The van der Waals surface area contributed by atoms with Crippen molar-refractivity contribution in [3.63, 3.8) is 0 Å². The number of carbonyl (C=O) groups is 3. The number of phenolic OH excluding ortho intramolecular Hbond substituents is 1. The number of morpholine rings is 1. The molecular weight excluding hydrogens is 948 g/mol. The summed E-state index contributed by atoms with van der Waals surface area (Å²) in [5.74, 6) is -0.786. The predicted molar refractivity (Wildman–Crippen MR) is 286 cm³/mol. The van der Waals surface area contributed by atoms with Gasteiger partial charge in [-0.1, -0.05) is 36.8 Å². The predicted octanol–water partition coefficient (Wildman–Crippen LogP) is 8.56. The smallest absolute Gasteiger partial charge is 0.258 e. The third kappa shape index (κ3) is 10.6. The van der Waals surface area contributed by atoms with Gasteiger partial charge in [0.05, 0.1) is 30.9 Å². The summed E-state index contributed by atoms with van der Waals surface area (Å²) in [6.07, 6.45) is 4.44. The number of nitriles is 1. The first-order valence-electron chi connectivity index (χ1n) is 26.4. The van der Waals surface area contributed by atoms with Crippen LogP contribution in [0.3, 0.4) is 0 Å². The van der Waals surface area contributed by atoms with Crippen molar-refractivity contribution in [1.29, 1.82) is 5.26 Å². The van der Waals surface area contributed by atoms with Crippen LogP contribution < -0.4 is 10.1 Å². The molecule has 0 spiro atoms. The standard InChI is InChI=1S/C60H67FN8O6/c1-38-10-8-9-20-67(38)37-48-28-41-11-6-7-12-44(41)36-69(48)60(73)53-30-45-35-68(55(71)31-43-13-18-50(33-54(43)61)75-27-24-66-22-25-74-26-23-66)21-19-42(45)29-52(53)58-57(51-32-47(34-62)64(4)39(51)2)56(40(3)65(58)5)59(72)63-46-14-16-49(70)17-15-46/h6-7,11-18,29-30,32-33,38,48,70H,8-10,19-28,31,35-37H2,1-5H3,(H,63,72)/t38-,48-/m0/s1. The molecule has 14 nitrogen and oxygen atoms in total. The van der Waals surface area contributed by atoms with Gasteiger partial charge in [-0.25, -0.2) is 4.39 Å². The van der Waals surface area contributed by atoms with Gasteiger partial charge in [0.15, 0.2) is 0 Å². The molecule has 2 atom stereocenters. The third-order valence-electron chi connectivity index (χ3n) is 16.3. The van der Waals surface area contributed by atoms with Gasteiger partial charge in [0.1, 0.15) is 35.7 Å². The number of amides is 3. The number of fused-ring (bicyclic) bond motifs is 2.